The van der Waals surface area contributed by atoms with E-state index < -0.39 is 0 Å². The highest BCUT2D eigenvalue weighted by molar-refractivity contribution is 6.07. The highest BCUT2D eigenvalue weighted by Gasteiger charge is 2.15. The standard InChI is InChI=1S/C13H12N2O/c16-13(12-6-7-14-15-12)11-5-4-9-2-1-3-10(9)8-11/h4-8H,1-3H2,(H,14,15). The lowest BCUT2D eigenvalue weighted by Gasteiger charge is -2.02. The van der Waals surface area contributed by atoms with Gasteiger partial charge in [-0.2, -0.15) is 5.10 Å². The predicted molar refractivity (Wildman–Crippen MR) is 60.5 cm³/mol. The fourth-order valence-corrected chi connectivity index (χ4v) is 2.25. The summed E-state index contributed by atoms with van der Waals surface area (Å²) in [5.41, 5.74) is 4.02. The molecule has 80 valence electrons. The van der Waals surface area contributed by atoms with Gasteiger partial charge in [-0.3, -0.25) is 9.89 Å². The molecule has 1 aromatic carbocycles. The molecule has 3 nitrogen and oxygen atoms in total. The maximum absolute atomic E-state index is 12.0. The van der Waals surface area contributed by atoms with Gasteiger partial charge in [-0.15, -0.1) is 0 Å². The van der Waals surface area contributed by atoms with Crippen molar-refractivity contribution in [2.45, 2.75) is 19.3 Å². The van der Waals surface area contributed by atoms with E-state index in [-0.39, 0.29) is 5.78 Å². The van der Waals surface area contributed by atoms with Gasteiger partial charge < -0.3 is 0 Å². The SMILES string of the molecule is O=C(c1ccc2c(c1)CCC2)c1ccn[nH]1. The number of rotatable bonds is 2. The summed E-state index contributed by atoms with van der Waals surface area (Å²) in [6.45, 7) is 0. The number of carbonyl (C=O) groups is 1. The molecule has 1 aliphatic carbocycles. The average molecular weight is 212 g/mol. The first-order valence-corrected chi connectivity index (χ1v) is 5.50. The van der Waals surface area contributed by atoms with Crippen LogP contribution in [-0.4, -0.2) is 16.0 Å². The number of aryl methyl sites for hydroxylation is 2. The van der Waals surface area contributed by atoms with Crippen molar-refractivity contribution in [1.29, 1.82) is 0 Å². The average Bonchev–Trinajstić information content (AvgIpc) is 2.98. The fourth-order valence-electron chi connectivity index (χ4n) is 2.25. The van der Waals surface area contributed by atoms with Crippen LogP contribution in [0.5, 0.6) is 0 Å². The van der Waals surface area contributed by atoms with Gasteiger partial charge in [0.25, 0.3) is 0 Å². The topological polar surface area (TPSA) is 45.8 Å². The molecule has 16 heavy (non-hydrogen) atoms. The second kappa shape index (κ2) is 3.59. The molecule has 0 spiro atoms. The Kier molecular flexibility index (Phi) is 2.10. The molecule has 1 aromatic heterocycles. The molecule has 0 saturated heterocycles. The molecule has 3 heteroatoms. The third-order valence-electron chi connectivity index (χ3n) is 3.11. The van der Waals surface area contributed by atoms with E-state index in [0.29, 0.717) is 5.69 Å². The maximum Gasteiger partial charge on any atom is 0.210 e. The number of benzene rings is 1. The Labute approximate surface area is 93.5 Å². The molecule has 0 unspecified atom stereocenters. The van der Waals surface area contributed by atoms with Crippen molar-refractivity contribution in [3.8, 4) is 0 Å². The van der Waals surface area contributed by atoms with E-state index in [1.165, 1.54) is 17.5 Å². The van der Waals surface area contributed by atoms with Crippen molar-refractivity contribution in [3.63, 3.8) is 0 Å². The van der Waals surface area contributed by atoms with E-state index in [1.54, 1.807) is 12.3 Å². The monoisotopic (exact) mass is 212 g/mol. The number of H-pyrrole nitrogens is 1. The van der Waals surface area contributed by atoms with Gasteiger partial charge >= 0.3 is 0 Å². The van der Waals surface area contributed by atoms with E-state index in [2.05, 4.69) is 16.3 Å². The molecule has 0 amide bonds. The second-order valence-electron chi connectivity index (χ2n) is 4.14. The molecular formula is C13H12N2O. The smallest absolute Gasteiger partial charge is 0.210 e. The number of hydrogen-bond acceptors (Lipinski definition) is 2. The Morgan fingerprint density at radius 1 is 1.19 bits per heavy atom. The Bertz CT molecular complexity index is 529. The lowest BCUT2D eigenvalue weighted by molar-refractivity contribution is 0.103. The summed E-state index contributed by atoms with van der Waals surface area (Å²) in [4.78, 5) is 12.0. The van der Waals surface area contributed by atoms with Crippen molar-refractivity contribution in [3.05, 3.63) is 52.8 Å². The van der Waals surface area contributed by atoms with Gasteiger partial charge in [0.1, 0.15) is 5.69 Å². The second-order valence-corrected chi connectivity index (χ2v) is 4.14. The molecule has 1 N–H and O–H groups in total. The Balaban J connectivity index is 1.99. The van der Waals surface area contributed by atoms with Crippen molar-refractivity contribution in [2.75, 3.05) is 0 Å². The summed E-state index contributed by atoms with van der Waals surface area (Å²) in [6.07, 6.45) is 5.05. The lowest BCUT2D eigenvalue weighted by atomic mass is 10.0. The van der Waals surface area contributed by atoms with E-state index in [1.807, 2.05) is 12.1 Å². The first-order valence-electron chi connectivity index (χ1n) is 5.50. The molecule has 3 rings (SSSR count). The fraction of sp³-hybridized carbons (Fsp3) is 0.231. The number of aromatic nitrogens is 2. The van der Waals surface area contributed by atoms with E-state index in [4.69, 9.17) is 0 Å². The van der Waals surface area contributed by atoms with Crippen LogP contribution >= 0.6 is 0 Å². The predicted octanol–water partition coefficient (Wildman–Crippen LogP) is 2.13. The number of nitrogens with one attached hydrogen (secondary N) is 1. The summed E-state index contributed by atoms with van der Waals surface area (Å²) in [5.74, 6) is 0.0206. The van der Waals surface area contributed by atoms with Crippen molar-refractivity contribution >= 4 is 5.78 Å². The molecular weight excluding hydrogens is 200 g/mol. The van der Waals surface area contributed by atoms with Crippen LogP contribution in [-0.2, 0) is 12.8 Å². The molecule has 0 aliphatic heterocycles. The number of fused-ring (bicyclic) bond motifs is 1. The maximum atomic E-state index is 12.0. The van der Waals surface area contributed by atoms with E-state index in [0.717, 1.165) is 18.4 Å². The molecule has 0 saturated carbocycles. The summed E-state index contributed by atoms with van der Waals surface area (Å²) < 4.78 is 0. The van der Waals surface area contributed by atoms with Crippen molar-refractivity contribution in [2.24, 2.45) is 0 Å². The molecule has 1 heterocycles. The molecule has 0 bridgehead atoms. The zero-order chi connectivity index (χ0) is 11.0. The Morgan fingerprint density at radius 3 is 2.88 bits per heavy atom. The summed E-state index contributed by atoms with van der Waals surface area (Å²) in [6, 6.07) is 7.71. The van der Waals surface area contributed by atoms with Gasteiger partial charge in [-0.25, -0.2) is 0 Å². The van der Waals surface area contributed by atoms with Gasteiger partial charge in [0.15, 0.2) is 0 Å². The zero-order valence-corrected chi connectivity index (χ0v) is 8.86. The van der Waals surface area contributed by atoms with Crippen molar-refractivity contribution in [1.82, 2.24) is 10.2 Å². The number of nitrogens with zero attached hydrogens (tertiary/aromatic N) is 1. The van der Waals surface area contributed by atoms with Gasteiger partial charge in [0, 0.05) is 11.8 Å². The third kappa shape index (κ3) is 1.45. The summed E-state index contributed by atoms with van der Waals surface area (Å²) in [5, 5.41) is 6.50. The van der Waals surface area contributed by atoms with Crippen LogP contribution in [0.3, 0.4) is 0 Å². The van der Waals surface area contributed by atoms with Gasteiger partial charge in [0.05, 0.1) is 0 Å². The van der Waals surface area contributed by atoms with E-state index in [9.17, 15) is 4.79 Å². The van der Waals surface area contributed by atoms with Crippen LogP contribution in [0.1, 0.15) is 33.6 Å². The number of carbonyl (C=O) groups excluding carboxylic acids is 1. The van der Waals surface area contributed by atoms with Crippen LogP contribution in [0.2, 0.25) is 0 Å². The van der Waals surface area contributed by atoms with Gasteiger partial charge in [0.2, 0.25) is 5.78 Å². The van der Waals surface area contributed by atoms with Crippen LogP contribution in [0.25, 0.3) is 0 Å². The van der Waals surface area contributed by atoms with E-state index >= 15 is 0 Å². The van der Waals surface area contributed by atoms with Gasteiger partial charge in [-0.1, -0.05) is 12.1 Å². The highest BCUT2D eigenvalue weighted by Crippen LogP contribution is 2.23. The number of aromatic amines is 1. The van der Waals surface area contributed by atoms with Gasteiger partial charge in [-0.05, 0) is 42.5 Å². The molecule has 1 aliphatic rings. The zero-order valence-electron chi connectivity index (χ0n) is 8.86. The molecule has 0 fully saturated rings. The summed E-state index contributed by atoms with van der Waals surface area (Å²) in [7, 11) is 0. The Morgan fingerprint density at radius 2 is 2.06 bits per heavy atom. The molecule has 2 aromatic rings. The number of ketones is 1. The first-order chi connectivity index (χ1) is 7.84. The molecule has 0 atom stereocenters. The van der Waals surface area contributed by atoms with Crippen LogP contribution in [0.4, 0.5) is 0 Å². The highest BCUT2D eigenvalue weighted by atomic mass is 16.1. The quantitative estimate of drug-likeness (QED) is 0.775. The largest absolute Gasteiger partial charge is 0.287 e. The minimum absolute atomic E-state index is 0.0206. The Hall–Kier alpha value is -1.90. The lowest BCUT2D eigenvalue weighted by Crippen LogP contribution is -2.02. The van der Waals surface area contributed by atoms with Crippen molar-refractivity contribution < 1.29 is 4.79 Å². The van der Waals surface area contributed by atoms with Crippen LogP contribution < -0.4 is 0 Å². The van der Waals surface area contributed by atoms with Crippen LogP contribution in [0.15, 0.2) is 30.5 Å². The minimum Gasteiger partial charge on any atom is -0.287 e. The summed E-state index contributed by atoms with van der Waals surface area (Å²) >= 11 is 0. The third-order valence-corrected chi connectivity index (χ3v) is 3.11. The first kappa shape index (κ1) is 9.33. The minimum atomic E-state index is 0.0206. The number of hydrogen-bond donors (Lipinski definition) is 1. The normalized spacial score (nSPS) is 13.8. The van der Waals surface area contributed by atoms with Crippen LogP contribution in [0, 0.1) is 0 Å². The molecule has 0 radical (unpaired) electrons.